The Morgan fingerprint density at radius 3 is 2.13 bits per heavy atom. The van der Waals surface area contributed by atoms with Crippen molar-refractivity contribution in [1.82, 2.24) is 5.06 Å². The first-order valence-corrected chi connectivity index (χ1v) is 11.4. The third-order valence-corrected chi connectivity index (χ3v) is 5.58. The Kier molecular flexibility index (Phi) is 8.22. The number of benzene rings is 2. The van der Waals surface area contributed by atoms with E-state index in [1.54, 1.807) is 49.4 Å². The molecule has 0 bridgehead atoms. The van der Waals surface area contributed by atoms with E-state index in [0.29, 0.717) is 0 Å². The van der Waals surface area contributed by atoms with Crippen LogP contribution in [0, 0.1) is 0 Å². The lowest BCUT2D eigenvalue weighted by atomic mass is 10.2. The lowest BCUT2D eigenvalue weighted by Gasteiger charge is -2.34. The molecule has 1 saturated heterocycles. The summed E-state index contributed by atoms with van der Waals surface area (Å²) >= 11 is 0. The number of ether oxygens (including phenoxy) is 7. The van der Waals surface area contributed by atoms with Gasteiger partial charge in [-0.1, -0.05) is 24.3 Å². The molecule has 13 nitrogen and oxygen atoms in total. The molecule has 0 aromatic heterocycles. The Hall–Kier alpha value is -4.04. The lowest BCUT2D eigenvalue weighted by molar-refractivity contribution is -0.311. The molecule has 1 fully saturated rings. The quantitative estimate of drug-likeness (QED) is 0.466. The van der Waals surface area contributed by atoms with Crippen molar-refractivity contribution in [2.24, 2.45) is 9.98 Å². The molecular weight excluding hydrogens is 502 g/mol. The minimum absolute atomic E-state index is 0.0561. The van der Waals surface area contributed by atoms with Gasteiger partial charge in [0.15, 0.2) is 5.84 Å². The summed E-state index contributed by atoms with van der Waals surface area (Å²) in [6.07, 6.45) is -2.02. The summed E-state index contributed by atoms with van der Waals surface area (Å²) in [5.41, 5.74) is 0.320. The molecule has 2 aliphatic heterocycles. The fourth-order valence-corrected chi connectivity index (χ4v) is 3.64. The van der Waals surface area contributed by atoms with Gasteiger partial charge in [0.1, 0.15) is 28.7 Å². The van der Waals surface area contributed by atoms with Crippen LogP contribution >= 0.6 is 0 Å². The molecule has 38 heavy (non-hydrogen) atoms. The van der Waals surface area contributed by atoms with Gasteiger partial charge < -0.3 is 33.2 Å². The van der Waals surface area contributed by atoms with Crippen molar-refractivity contribution >= 4 is 23.8 Å². The predicted molar refractivity (Wildman–Crippen MR) is 131 cm³/mol. The van der Waals surface area contributed by atoms with E-state index < -0.39 is 30.4 Å². The van der Waals surface area contributed by atoms with Gasteiger partial charge in [0.2, 0.25) is 0 Å². The van der Waals surface area contributed by atoms with Gasteiger partial charge in [0, 0.05) is 14.0 Å². The van der Waals surface area contributed by atoms with E-state index in [4.69, 9.17) is 38.0 Å². The maximum atomic E-state index is 12.3. The van der Waals surface area contributed by atoms with Gasteiger partial charge in [-0.2, -0.15) is 15.0 Å². The van der Waals surface area contributed by atoms with Crippen LogP contribution in [0.4, 0.5) is 0 Å². The van der Waals surface area contributed by atoms with Crippen LogP contribution in [0.3, 0.4) is 0 Å². The molecule has 0 spiro atoms. The van der Waals surface area contributed by atoms with Gasteiger partial charge in [-0.3, -0.25) is 4.84 Å². The maximum Gasteiger partial charge on any atom is 0.341 e. The number of methoxy groups -OCH3 is 3. The molecule has 2 heterocycles. The van der Waals surface area contributed by atoms with Crippen molar-refractivity contribution in [3.63, 3.8) is 0 Å². The summed E-state index contributed by atoms with van der Waals surface area (Å²) in [5.74, 6) is -2.06. The van der Waals surface area contributed by atoms with Crippen molar-refractivity contribution in [1.29, 1.82) is 0 Å². The number of hydrogen-bond acceptors (Lipinski definition) is 13. The highest BCUT2D eigenvalue weighted by atomic mass is 16.9. The number of nitrogens with zero attached hydrogens (tertiary/aromatic N) is 3. The van der Waals surface area contributed by atoms with Crippen molar-refractivity contribution in [3.05, 3.63) is 59.7 Å². The van der Waals surface area contributed by atoms with E-state index in [9.17, 15) is 9.59 Å². The first kappa shape index (κ1) is 27.0. The summed E-state index contributed by atoms with van der Waals surface area (Å²) < 4.78 is 38.5. The summed E-state index contributed by atoms with van der Waals surface area (Å²) in [6.45, 7) is 1.66. The molecule has 2 aromatic carbocycles. The number of esters is 2. The molecule has 202 valence electrons. The van der Waals surface area contributed by atoms with Gasteiger partial charge >= 0.3 is 18.0 Å². The van der Waals surface area contributed by atoms with Gasteiger partial charge in [-0.25, -0.2) is 9.59 Å². The smallest absolute Gasteiger partial charge is 0.341 e. The molecule has 0 N–H and O–H groups in total. The molecule has 0 radical (unpaired) electrons. The summed E-state index contributed by atoms with van der Waals surface area (Å²) in [5, 5.41) is 1.24. The van der Waals surface area contributed by atoms with Crippen molar-refractivity contribution in [3.8, 4) is 11.5 Å². The molecule has 2 aliphatic rings. The molecule has 4 rings (SSSR count). The second-order valence-electron chi connectivity index (χ2n) is 7.90. The summed E-state index contributed by atoms with van der Waals surface area (Å²) in [6, 6.07) is 12.7. The Morgan fingerprint density at radius 1 is 0.947 bits per heavy atom. The topological polar surface area (TPSA) is 136 Å². The highest BCUT2D eigenvalue weighted by Gasteiger charge is 2.45. The first-order valence-electron chi connectivity index (χ1n) is 11.4. The van der Waals surface area contributed by atoms with Crippen LogP contribution in [-0.2, 0) is 28.5 Å². The number of aliphatic imine (C=N–C) groups is 2. The number of carbonyl (C=O) groups is 2. The highest BCUT2D eigenvalue weighted by Crippen LogP contribution is 2.30. The van der Waals surface area contributed by atoms with E-state index in [-0.39, 0.29) is 41.1 Å². The van der Waals surface area contributed by atoms with Crippen LogP contribution in [0.2, 0.25) is 0 Å². The molecule has 13 heteroatoms. The third-order valence-electron chi connectivity index (χ3n) is 5.58. The van der Waals surface area contributed by atoms with Gasteiger partial charge in [0.25, 0.3) is 12.3 Å². The predicted octanol–water partition coefficient (Wildman–Crippen LogP) is 2.37. The van der Waals surface area contributed by atoms with E-state index in [2.05, 4.69) is 9.98 Å². The Morgan fingerprint density at radius 2 is 1.55 bits per heavy atom. The minimum atomic E-state index is -1.33. The van der Waals surface area contributed by atoms with Crippen LogP contribution < -0.4 is 9.47 Å². The highest BCUT2D eigenvalue weighted by molar-refractivity contribution is 5.99. The lowest BCUT2D eigenvalue weighted by Crippen LogP contribution is -2.51. The fraction of sp³-hybridized carbons (Fsp3) is 0.360. The number of carbonyl (C=O) groups excluding carboxylic acids is 2. The Balaban J connectivity index is 1.74. The largest absolute Gasteiger partial charge is 0.465 e. The molecule has 0 saturated carbocycles. The molecule has 3 atom stereocenters. The number of rotatable bonds is 8. The normalized spacial score (nSPS) is 22.8. The molecule has 0 amide bonds. The second-order valence-corrected chi connectivity index (χ2v) is 7.90. The van der Waals surface area contributed by atoms with Crippen molar-refractivity contribution in [2.75, 3.05) is 35.0 Å². The SMILES string of the molecule is COC(=O)c1ccccc1OC1=NC(Oc2ccccc2C(=O)OC)N(OC)C(C2COC(C)(OC)O2)=N1. The summed E-state index contributed by atoms with van der Waals surface area (Å²) in [4.78, 5) is 39.0. The van der Waals surface area contributed by atoms with Crippen LogP contribution in [0.1, 0.15) is 27.6 Å². The number of hydroxylamine groups is 2. The first-order chi connectivity index (χ1) is 18.3. The number of para-hydroxylation sites is 2. The Bertz CT molecular complexity index is 1250. The van der Waals surface area contributed by atoms with Crippen LogP contribution in [0.25, 0.3) is 0 Å². The van der Waals surface area contributed by atoms with Gasteiger partial charge in [-0.15, -0.1) is 0 Å². The average molecular weight is 530 g/mol. The summed E-state index contributed by atoms with van der Waals surface area (Å²) in [7, 11) is 5.35. The monoisotopic (exact) mass is 529 g/mol. The van der Waals surface area contributed by atoms with E-state index in [1.165, 1.54) is 39.6 Å². The molecule has 2 aromatic rings. The van der Waals surface area contributed by atoms with E-state index >= 15 is 0 Å². The van der Waals surface area contributed by atoms with Crippen LogP contribution in [0.15, 0.2) is 58.5 Å². The maximum absolute atomic E-state index is 12.3. The zero-order valence-electron chi connectivity index (χ0n) is 21.4. The zero-order chi connectivity index (χ0) is 27.3. The standard InChI is InChI=1S/C25H27N3O10/c1-25(33-4)35-14-19(38-25)20-26-23(36-17-12-8-6-10-15(17)21(29)31-2)27-24(28(20)34-5)37-18-13-9-7-11-16(18)22(30)32-3/h6-13,19,24H,14H2,1-5H3. The second kappa shape index (κ2) is 11.6. The van der Waals surface area contributed by atoms with Gasteiger partial charge in [-0.05, 0) is 24.3 Å². The number of hydrogen-bond donors (Lipinski definition) is 0. The van der Waals surface area contributed by atoms with Crippen molar-refractivity contribution < 1.29 is 47.6 Å². The van der Waals surface area contributed by atoms with Gasteiger partial charge in [0.05, 0.1) is 27.9 Å². The van der Waals surface area contributed by atoms with E-state index in [1.807, 2.05) is 0 Å². The molecule has 0 aliphatic carbocycles. The van der Waals surface area contributed by atoms with Crippen LogP contribution in [0.5, 0.6) is 11.5 Å². The van der Waals surface area contributed by atoms with E-state index in [0.717, 1.165) is 0 Å². The third kappa shape index (κ3) is 5.60. The minimum Gasteiger partial charge on any atom is -0.465 e. The molecular formula is C25H27N3O10. The van der Waals surface area contributed by atoms with Crippen molar-refractivity contribution in [2.45, 2.75) is 25.4 Å². The Labute approximate surface area is 218 Å². The fourth-order valence-electron chi connectivity index (χ4n) is 3.64. The average Bonchev–Trinajstić information content (AvgIpc) is 3.35. The number of amidine groups is 2. The zero-order valence-corrected chi connectivity index (χ0v) is 21.4. The van der Waals surface area contributed by atoms with Crippen LogP contribution in [-0.4, -0.2) is 82.3 Å². The molecule has 3 unspecified atom stereocenters.